The largest absolute Gasteiger partial charge is 0.491 e. The van der Waals surface area contributed by atoms with Crippen molar-refractivity contribution < 1.29 is 41.3 Å². The van der Waals surface area contributed by atoms with Crippen LogP contribution in [-0.2, 0) is 24.8 Å². The molecule has 5 rings (SSSR count). The highest BCUT2D eigenvalue weighted by Gasteiger charge is 2.47. The number of aliphatic hydroxyl groups excluding tert-OH is 1. The molecule has 0 bridgehead atoms. The van der Waals surface area contributed by atoms with Crippen LogP contribution in [0.1, 0.15) is 19.3 Å². The van der Waals surface area contributed by atoms with Crippen LogP contribution in [0, 0.1) is 0 Å². The summed E-state index contributed by atoms with van der Waals surface area (Å²) >= 11 is 0. The number of nitrogens with one attached hydrogen (secondary N) is 1. The van der Waals surface area contributed by atoms with Crippen molar-refractivity contribution >= 4 is 37.0 Å². The highest BCUT2D eigenvalue weighted by atomic mass is 32.2. The molecule has 1 spiro atoms. The molecule has 3 aromatic rings. The summed E-state index contributed by atoms with van der Waals surface area (Å²) in [6.45, 7) is 0.0701. The van der Waals surface area contributed by atoms with E-state index in [9.17, 15) is 31.8 Å². The lowest BCUT2D eigenvalue weighted by molar-refractivity contribution is -0.0319. The molecule has 232 valence electrons. The number of carboxylic acid groups (broad SMARTS) is 1. The highest BCUT2D eigenvalue weighted by Crippen LogP contribution is 2.39. The van der Waals surface area contributed by atoms with Gasteiger partial charge in [0, 0.05) is 30.7 Å². The molecule has 3 N–H and O–H groups in total. The molecule has 2 atom stereocenters. The number of sulfonamides is 2. The molecule has 13 nitrogen and oxygen atoms in total. The standard InChI is InChI=1S/C28H34N4O9S2/c1-29-42(36,37)24-6-2-5-23(15-24)40-19-22(33)17-32(27(34)35)21-16-28(41-18-21)9-12-31(13-10-28)43(38,39)25-7-8-26-20(14-25)4-3-11-30-26/h2-8,11,14-15,21-22,29,33H,9-10,12-13,16-19H2,1H3,(H,34,35)/t21-,22+/m1/s1. The Hall–Kier alpha value is -3.34. The van der Waals surface area contributed by atoms with Crippen LogP contribution in [0.2, 0.25) is 0 Å². The van der Waals surface area contributed by atoms with Gasteiger partial charge in [0.2, 0.25) is 20.0 Å². The second-order valence-corrected chi connectivity index (χ2v) is 14.5. The maximum Gasteiger partial charge on any atom is 0.407 e. The number of amides is 1. The van der Waals surface area contributed by atoms with Gasteiger partial charge in [-0.25, -0.2) is 26.4 Å². The Morgan fingerprint density at radius 2 is 1.91 bits per heavy atom. The van der Waals surface area contributed by atoms with Crippen molar-refractivity contribution in [3.63, 3.8) is 0 Å². The lowest BCUT2D eigenvalue weighted by Gasteiger charge is -2.38. The van der Waals surface area contributed by atoms with Gasteiger partial charge in [-0.1, -0.05) is 12.1 Å². The molecule has 2 saturated heterocycles. The van der Waals surface area contributed by atoms with E-state index in [-0.39, 0.29) is 48.4 Å². The van der Waals surface area contributed by atoms with Gasteiger partial charge in [-0.3, -0.25) is 4.98 Å². The van der Waals surface area contributed by atoms with Gasteiger partial charge in [0.05, 0.1) is 40.1 Å². The maximum absolute atomic E-state index is 13.4. The summed E-state index contributed by atoms with van der Waals surface area (Å²) in [6, 6.07) is 13.6. The Balaban J connectivity index is 1.17. The minimum atomic E-state index is -3.74. The zero-order valence-corrected chi connectivity index (χ0v) is 25.1. The SMILES string of the molecule is CNS(=O)(=O)c1cccc(OC[C@@H](O)CN(C(=O)O)[C@H]2COC3(CCN(S(=O)(=O)c4ccc5ncccc5c4)CC3)C2)c1. The van der Waals surface area contributed by atoms with Crippen LogP contribution < -0.4 is 9.46 Å². The number of nitrogens with zero attached hydrogens (tertiary/aromatic N) is 3. The Morgan fingerprint density at radius 3 is 2.63 bits per heavy atom. The third-order valence-electron chi connectivity index (χ3n) is 7.96. The minimum Gasteiger partial charge on any atom is -0.491 e. The van der Waals surface area contributed by atoms with Crippen LogP contribution in [0.15, 0.2) is 70.6 Å². The maximum atomic E-state index is 13.4. The number of carbonyl (C=O) groups is 1. The van der Waals surface area contributed by atoms with Crippen molar-refractivity contribution in [3.8, 4) is 5.75 Å². The fourth-order valence-electron chi connectivity index (χ4n) is 5.57. The summed E-state index contributed by atoms with van der Waals surface area (Å²) in [7, 11) is -6.13. The van der Waals surface area contributed by atoms with Crippen LogP contribution in [0.4, 0.5) is 4.79 Å². The number of hydrogen-bond donors (Lipinski definition) is 3. The van der Waals surface area contributed by atoms with Gasteiger partial charge in [-0.15, -0.1) is 0 Å². The number of hydrogen-bond acceptors (Lipinski definition) is 9. The Bertz CT molecular complexity index is 1690. The van der Waals surface area contributed by atoms with Gasteiger partial charge in [0.1, 0.15) is 18.5 Å². The van der Waals surface area contributed by atoms with Crippen LogP contribution in [0.3, 0.4) is 0 Å². The van der Waals surface area contributed by atoms with Crippen molar-refractivity contribution in [2.24, 2.45) is 0 Å². The average molecular weight is 635 g/mol. The molecule has 0 saturated carbocycles. The number of rotatable bonds is 10. The van der Waals surface area contributed by atoms with E-state index in [2.05, 4.69) is 9.71 Å². The predicted octanol–water partition coefficient (Wildman–Crippen LogP) is 1.88. The molecule has 0 unspecified atom stereocenters. The molecule has 15 heteroatoms. The first-order chi connectivity index (χ1) is 20.4. The Labute approximate surface area is 250 Å². The monoisotopic (exact) mass is 634 g/mol. The number of aromatic nitrogens is 1. The van der Waals surface area contributed by atoms with Gasteiger partial charge < -0.3 is 24.6 Å². The quantitative estimate of drug-likeness (QED) is 0.299. The molecule has 0 radical (unpaired) electrons. The zero-order chi connectivity index (χ0) is 30.8. The van der Waals surface area contributed by atoms with Gasteiger partial charge >= 0.3 is 6.09 Å². The van der Waals surface area contributed by atoms with Gasteiger partial charge in [0.25, 0.3) is 0 Å². The summed E-state index contributed by atoms with van der Waals surface area (Å²) in [4.78, 5) is 17.7. The van der Waals surface area contributed by atoms with E-state index in [1.165, 1.54) is 35.6 Å². The fraction of sp³-hybridized carbons (Fsp3) is 0.429. The topological polar surface area (TPSA) is 176 Å². The molecule has 1 aromatic heterocycles. The summed E-state index contributed by atoms with van der Waals surface area (Å²) in [5, 5.41) is 21.2. The van der Waals surface area contributed by atoms with Gasteiger partial charge in [-0.05, 0) is 62.7 Å². The van der Waals surface area contributed by atoms with Crippen molar-refractivity contribution in [2.75, 3.05) is 39.9 Å². The Kier molecular flexibility index (Phi) is 8.92. The normalized spacial score (nSPS) is 19.8. The second kappa shape index (κ2) is 12.3. The van der Waals surface area contributed by atoms with E-state index in [1.807, 2.05) is 6.07 Å². The number of pyridine rings is 1. The molecule has 2 aliphatic rings. The van der Waals surface area contributed by atoms with Crippen molar-refractivity contribution in [3.05, 3.63) is 60.8 Å². The first kappa shape index (κ1) is 31.1. The number of benzene rings is 2. The average Bonchev–Trinajstić information content (AvgIpc) is 3.41. The molecule has 1 amide bonds. The first-order valence-corrected chi connectivity index (χ1v) is 16.7. The molecular weight excluding hydrogens is 600 g/mol. The summed E-state index contributed by atoms with van der Waals surface area (Å²) in [5.41, 5.74) is 0.0385. The Morgan fingerprint density at radius 1 is 1.14 bits per heavy atom. The first-order valence-electron chi connectivity index (χ1n) is 13.8. The third-order valence-corrected chi connectivity index (χ3v) is 11.3. The molecule has 43 heavy (non-hydrogen) atoms. The van der Waals surface area contributed by atoms with Crippen LogP contribution in [0.5, 0.6) is 5.75 Å². The number of fused-ring (bicyclic) bond motifs is 1. The predicted molar refractivity (Wildman–Crippen MR) is 156 cm³/mol. The van der Waals surface area contributed by atoms with E-state index < -0.39 is 43.9 Å². The van der Waals surface area contributed by atoms with E-state index >= 15 is 0 Å². The van der Waals surface area contributed by atoms with Crippen LogP contribution in [-0.4, -0.2) is 105 Å². The fourth-order valence-corrected chi connectivity index (χ4v) is 7.81. The molecule has 3 heterocycles. The third kappa shape index (κ3) is 6.76. The smallest absolute Gasteiger partial charge is 0.407 e. The van der Waals surface area contributed by atoms with Crippen LogP contribution >= 0.6 is 0 Å². The molecule has 2 aliphatic heterocycles. The minimum absolute atomic E-state index is 0.00374. The number of aliphatic hydroxyl groups is 1. The van der Waals surface area contributed by atoms with E-state index in [4.69, 9.17) is 9.47 Å². The van der Waals surface area contributed by atoms with Crippen molar-refractivity contribution in [1.29, 1.82) is 0 Å². The second-order valence-electron chi connectivity index (χ2n) is 10.7. The summed E-state index contributed by atoms with van der Waals surface area (Å²) < 4.78 is 66.1. The lowest BCUT2D eigenvalue weighted by atomic mass is 9.88. The van der Waals surface area contributed by atoms with E-state index in [1.54, 1.807) is 30.5 Å². The van der Waals surface area contributed by atoms with Gasteiger partial charge in [-0.2, -0.15) is 4.31 Å². The molecule has 2 aromatic carbocycles. The van der Waals surface area contributed by atoms with Crippen LogP contribution in [0.25, 0.3) is 10.9 Å². The number of piperidine rings is 1. The number of ether oxygens (including phenoxy) is 2. The summed E-state index contributed by atoms with van der Waals surface area (Å²) in [5.74, 6) is 0.211. The van der Waals surface area contributed by atoms with E-state index in [0.717, 1.165) is 10.3 Å². The lowest BCUT2D eigenvalue weighted by Crippen LogP contribution is -2.48. The van der Waals surface area contributed by atoms with Gasteiger partial charge in [0.15, 0.2) is 0 Å². The van der Waals surface area contributed by atoms with Crippen molar-refractivity contribution in [1.82, 2.24) is 18.9 Å². The zero-order valence-electron chi connectivity index (χ0n) is 23.5. The molecule has 2 fully saturated rings. The van der Waals surface area contributed by atoms with Crippen molar-refractivity contribution in [2.45, 2.75) is 46.8 Å². The molecule has 0 aliphatic carbocycles. The highest BCUT2D eigenvalue weighted by molar-refractivity contribution is 7.89. The molecular formula is C28H34N4O9S2. The summed E-state index contributed by atoms with van der Waals surface area (Å²) in [6.07, 6.45) is 0.411. The van der Waals surface area contributed by atoms with E-state index in [0.29, 0.717) is 24.8 Å².